The Morgan fingerprint density at radius 1 is 0.957 bits per heavy atom. The summed E-state index contributed by atoms with van der Waals surface area (Å²) in [5.74, 6) is 2.33. The van der Waals surface area contributed by atoms with Crippen molar-refractivity contribution in [2.24, 2.45) is 0 Å². The average molecular weight is 377 g/mol. The molecule has 0 amide bonds. The largest absolute Gasteiger partial charge is 0.491 e. The maximum Gasteiger partial charge on any atom is 0.138 e. The van der Waals surface area contributed by atoms with Crippen molar-refractivity contribution in [2.75, 3.05) is 0 Å². The molecule has 1 unspecified atom stereocenters. The third kappa shape index (κ3) is 4.58. The lowest BCUT2D eigenvalue weighted by Gasteiger charge is -2.15. The van der Waals surface area contributed by atoms with Gasteiger partial charge in [0.1, 0.15) is 23.5 Å². The molecule has 0 heterocycles. The maximum absolute atomic E-state index is 11.0. The van der Waals surface area contributed by atoms with Crippen LogP contribution in [0.25, 0.3) is 0 Å². The van der Waals surface area contributed by atoms with Gasteiger partial charge < -0.3 is 14.3 Å². The van der Waals surface area contributed by atoms with Gasteiger partial charge in [-0.15, -0.1) is 0 Å². The quantitative estimate of drug-likeness (QED) is 0.491. The van der Waals surface area contributed by atoms with Crippen LogP contribution >= 0.6 is 15.9 Å². The molecule has 0 N–H and O–H groups in total. The van der Waals surface area contributed by atoms with Gasteiger partial charge in [0, 0.05) is 0 Å². The smallest absolute Gasteiger partial charge is 0.138 e. The first-order valence-electron chi connectivity index (χ1n) is 7.55. The Morgan fingerprint density at radius 3 is 1.96 bits per heavy atom. The van der Waals surface area contributed by atoms with Gasteiger partial charge in [-0.1, -0.05) is 15.9 Å². The first-order valence-corrected chi connectivity index (χ1v) is 8.47. The van der Waals surface area contributed by atoms with Gasteiger partial charge in [-0.05, 0) is 80.8 Å². The number of rotatable bonds is 6. The Bertz CT molecular complexity index is 655. The fourth-order valence-electron chi connectivity index (χ4n) is 2.49. The topological polar surface area (TPSA) is 35.5 Å². The molecule has 0 aromatic heterocycles. The number of carbonyl (C=O) groups is 1. The zero-order chi connectivity index (χ0) is 17.0. The van der Waals surface area contributed by atoms with Crippen LogP contribution in [0, 0.1) is 13.8 Å². The zero-order valence-corrected chi connectivity index (χ0v) is 15.4. The van der Waals surface area contributed by atoms with Crippen LogP contribution in [0.4, 0.5) is 0 Å². The summed E-state index contributed by atoms with van der Waals surface area (Å²) in [5.41, 5.74) is 3.04. The van der Waals surface area contributed by atoms with Crippen LogP contribution in [0.15, 0.2) is 36.4 Å². The summed E-state index contributed by atoms with van der Waals surface area (Å²) in [7, 11) is 0. The molecular weight excluding hydrogens is 356 g/mol. The number of alkyl halides is 1. The van der Waals surface area contributed by atoms with Crippen molar-refractivity contribution in [3.05, 3.63) is 53.1 Å². The van der Waals surface area contributed by atoms with Gasteiger partial charge in [0.2, 0.25) is 0 Å². The molecule has 0 radical (unpaired) electrons. The van der Waals surface area contributed by atoms with Crippen molar-refractivity contribution in [1.82, 2.24) is 0 Å². The fraction of sp³-hybridized carbons (Fsp3) is 0.316. The molecule has 0 fully saturated rings. The molecule has 2 aromatic rings. The first-order chi connectivity index (χ1) is 10.9. The van der Waals surface area contributed by atoms with Crippen LogP contribution in [0.5, 0.6) is 17.2 Å². The van der Waals surface area contributed by atoms with Crippen LogP contribution in [-0.4, -0.2) is 12.4 Å². The Kier molecular flexibility index (Phi) is 5.83. The lowest BCUT2D eigenvalue weighted by molar-refractivity contribution is -0.107. The number of benzene rings is 2. The Labute approximate surface area is 145 Å². The third-order valence-electron chi connectivity index (χ3n) is 3.39. The van der Waals surface area contributed by atoms with E-state index in [0.29, 0.717) is 0 Å². The summed E-state index contributed by atoms with van der Waals surface area (Å²) in [6.07, 6.45) is 1.04. The van der Waals surface area contributed by atoms with Crippen molar-refractivity contribution in [1.29, 1.82) is 0 Å². The number of aldehydes is 1. The van der Waals surface area contributed by atoms with E-state index >= 15 is 0 Å². The summed E-state index contributed by atoms with van der Waals surface area (Å²) in [4.78, 5) is 10.7. The molecule has 0 saturated carbocycles. The highest BCUT2D eigenvalue weighted by Crippen LogP contribution is 2.32. The van der Waals surface area contributed by atoms with Gasteiger partial charge in [0.15, 0.2) is 0 Å². The third-order valence-corrected chi connectivity index (χ3v) is 4.07. The van der Waals surface area contributed by atoms with Crippen LogP contribution < -0.4 is 9.47 Å². The fourth-order valence-corrected chi connectivity index (χ4v) is 3.21. The maximum atomic E-state index is 11.0. The highest BCUT2D eigenvalue weighted by molar-refractivity contribution is 9.09. The van der Waals surface area contributed by atoms with Crippen LogP contribution in [0.1, 0.15) is 35.4 Å². The van der Waals surface area contributed by atoms with Crippen molar-refractivity contribution in [2.45, 2.75) is 38.6 Å². The van der Waals surface area contributed by atoms with Crippen molar-refractivity contribution < 1.29 is 14.3 Å². The van der Waals surface area contributed by atoms with E-state index in [2.05, 4.69) is 15.9 Å². The van der Waals surface area contributed by atoms with E-state index in [4.69, 9.17) is 9.47 Å². The standard InChI is InChI=1S/C19H21BrO3/c1-12(2)22-15-5-7-16(8-6-15)23-17-9-13(3)19(14(4)10-17)18(20)11-21/h5-12,18H,1-4H3. The summed E-state index contributed by atoms with van der Waals surface area (Å²) in [6, 6.07) is 11.4. The first kappa shape index (κ1) is 17.5. The van der Waals surface area contributed by atoms with Gasteiger partial charge >= 0.3 is 0 Å². The second-order valence-corrected chi connectivity index (χ2v) is 6.74. The predicted molar refractivity (Wildman–Crippen MR) is 95.9 cm³/mol. The minimum absolute atomic E-state index is 0.148. The molecule has 0 aliphatic rings. The molecule has 2 rings (SSSR count). The van der Waals surface area contributed by atoms with E-state index in [-0.39, 0.29) is 10.9 Å². The summed E-state index contributed by atoms with van der Waals surface area (Å²) >= 11 is 3.38. The zero-order valence-electron chi connectivity index (χ0n) is 13.8. The van der Waals surface area contributed by atoms with E-state index in [9.17, 15) is 4.79 Å². The molecule has 3 nitrogen and oxygen atoms in total. The van der Waals surface area contributed by atoms with Crippen molar-refractivity contribution in [3.63, 3.8) is 0 Å². The van der Waals surface area contributed by atoms with Crippen LogP contribution in [0.2, 0.25) is 0 Å². The monoisotopic (exact) mass is 376 g/mol. The Hall–Kier alpha value is -1.81. The molecule has 0 bridgehead atoms. The van der Waals surface area contributed by atoms with Crippen LogP contribution in [0.3, 0.4) is 0 Å². The van der Waals surface area contributed by atoms with Gasteiger partial charge in [-0.25, -0.2) is 0 Å². The van der Waals surface area contributed by atoms with E-state index in [1.165, 1.54) is 0 Å². The molecule has 1 atom stereocenters. The van der Waals surface area contributed by atoms with E-state index in [0.717, 1.165) is 40.2 Å². The predicted octanol–water partition coefficient (Wildman–Crippen LogP) is 5.52. The normalized spacial score (nSPS) is 12.1. The molecule has 0 saturated heterocycles. The summed E-state index contributed by atoms with van der Waals surface area (Å²) in [6.45, 7) is 7.95. The summed E-state index contributed by atoms with van der Waals surface area (Å²) < 4.78 is 11.5. The molecule has 2 aromatic carbocycles. The van der Waals surface area contributed by atoms with E-state index < -0.39 is 0 Å². The number of aryl methyl sites for hydroxylation is 2. The van der Waals surface area contributed by atoms with Crippen molar-refractivity contribution >= 4 is 22.2 Å². The molecule has 122 valence electrons. The summed E-state index contributed by atoms with van der Waals surface area (Å²) in [5, 5.41) is 0. The SMILES string of the molecule is Cc1cc(Oc2ccc(OC(C)C)cc2)cc(C)c1C(Br)C=O. The molecule has 4 heteroatoms. The lowest BCUT2D eigenvalue weighted by atomic mass is 10.00. The number of hydrogen-bond acceptors (Lipinski definition) is 3. The molecule has 23 heavy (non-hydrogen) atoms. The number of carbonyl (C=O) groups excluding carboxylic acids is 1. The van der Waals surface area contributed by atoms with Gasteiger partial charge in [-0.3, -0.25) is 0 Å². The minimum Gasteiger partial charge on any atom is -0.491 e. The molecule has 0 aliphatic carbocycles. The van der Waals surface area contributed by atoms with Crippen LogP contribution in [-0.2, 0) is 4.79 Å². The Morgan fingerprint density at radius 2 is 1.48 bits per heavy atom. The molecule has 0 aliphatic heterocycles. The lowest BCUT2D eigenvalue weighted by Crippen LogP contribution is -2.05. The minimum atomic E-state index is -0.288. The van der Waals surface area contributed by atoms with E-state index in [1.807, 2.05) is 64.1 Å². The van der Waals surface area contributed by atoms with Gasteiger partial charge in [0.25, 0.3) is 0 Å². The number of ether oxygens (including phenoxy) is 2. The second-order valence-electron chi connectivity index (χ2n) is 5.75. The number of halogens is 1. The van der Waals surface area contributed by atoms with Gasteiger partial charge in [-0.2, -0.15) is 0 Å². The molecular formula is C19H21BrO3. The Balaban J connectivity index is 2.19. The molecule has 0 spiro atoms. The second kappa shape index (κ2) is 7.64. The number of hydrogen-bond donors (Lipinski definition) is 0. The average Bonchev–Trinajstić information content (AvgIpc) is 2.47. The highest BCUT2D eigenvalue weighted by Gasteiger charge is 2.14. The van der Waals surface area contributed by atoms with Gasteiger partial charge in [0.05, 0.1) is 10.9 Å². The van der Waals surface area contributed by atoms with E-state index in [1.54, 1.807) is 0 Å². The highest BCUT2D eigenvalue weighted by atomic mass is 79.9. The van der Waals surface area contributed by atoms with Crippen molar-refractivity contribution in [3.8, 4) is 17.2 Å².